The first-order valence-corrected chi connectivity index (χ1v) is 10.9. The van der Waals surface area contributed by atoms with Gasteiger partial charge in [-0.2, -0.15) is 0 Å². The Kier molecular flexibility index (Phi) is 5.68. The molecule has 0 saturated heterocycles. The van der Waals surface area contributed by atoms with Gasteiger partial charge in [0.05, 0.1) is 7.11 Å². The number of benzene rings is 2. The van der Waals surface area contributed by atoms with E-state index < -0.39 is 5.92 Å². The average molecular weight is 431 g/mol. The molecule has 2 aromatic rings. The lowest BCUT2D eigenvalue weighted by Crippen LogP contribution is -2.39. The maximum absolute atomic E-state index is 13.6. The number of amides is 1. The van der Waals surface area contributed by atoms with Gasteiger partial charge in [-0.25, -0.2) is 0 Å². The summed E-state index contributed by atoms with van der Waals surface area (Å²) >= 11 is 0. The van der Waals surface area contributed by atoms with Crippen LogP contribution in [-0.4, -0.2) is 18.8 Å². The molecule has 2 aromatic carbocycles. The topological polar surface area (TPSA) is 67.4 Å². The maximum Gasteiger partial charge on any atom is 0.254 e. The van der Waals surface area contributed by atoms with E-state index in [-0.39, 0.29) is 17.1 Å². The third kappa shape index (κ3) is 4.07. The predicted octanol–water partition coefficient (Wildman–Crippen LogP) is 5.25. The van der Waals surface area contributed by atoms with E-state index in [1.165, 1.54) is 0 Å². The van der Waals surface area contributed by atoms with Crippen LogP contribution < -0.4 is 15.4 Å². The van der Waals surface area contributed by atoms with Crippen molar-refractivity contribution in [3.63, 3.8) is 0 Å². The van der Waals surface area contributed by atoms with Gasteiger partial charge in [-0.1, -0.05) is 44.2 Å². The molecule has 32 heavy (non-hydrogen) atoms. The first-order valence-electron chi connectivity index (χ1n) is 10.9. The molecule has 1 unspecified atom stereocenters. The minimum absolute atomic E-state index is 0.0956. The molecule has 1 heterocycles. The Labute approximate surface area is 189 Å². The summed E-state index contributed by atoms with van der Waals surface area (Å²) in [6.45, 7) is 8.10. The van der Waals surface area contributed by atoms with Crippen molar-refractivity contribution in [1.82, 2.24) is 5.32 Å². The normalized spacial score (nSPS) is 19.9. The van der Waals surface area contributed by atoms with Crippen LogP contribution in [-0.2, 0) is 9.59 Å². The lowest BCUT2D eigenvalue weighted by molar-refractivity contribution is -0.118. The number of anilines is 1. The van der Waals surface area contributed by atoms with Gasteiger partial charge in [-0.3, -0.25) is 9.59 Å². The monoisotopic (exact) mass is 430 g/mol. The van der Waals surface area contributed by atoms with Crippen LogP contribution in [0, 0.1) is 12.3 Å². The second-order valence-corrected chi connectivity index (χ2v) is 9.47. The number of ketones is 1. The maximum atomic E-state index is 13.6. The van der Waals surface area contributed by atoms with Crippen LogP contribution in [0.25, 0.3) is 0 Å². The SMILES string of the molecule is COc1ccc(C2C(C(=O)Nc3ccccc3C)=C(C)NC3=C2C(=O)CC(C)(C)C3)cc1. The highest BCUT2D eigenvalue weighted by Crippen LogP contribution is 2.47. The molecule has 5 nitrogen and oxygen atoms in total. The van der Waals surface area contributed by atoms with Crippen LogP contribution in [0.15, 0.2) is 71.1 Å². The van der Waals surface area contributed by atoms with Crippen molar-refractivity contribution >= 4 is 17.4 Å². The fourth-order valence-corrected chi connectivity index (χ4v) is 4.77. The Hall–Kier alpha value is -3.34. The number of rotatable bonds is 4. The molecule has 1 atom stereocenters. The van der Waals surface area contributed by atoms with E-state index >= 15 is 0 Å². The molecule has 1 aliphatic carbocycles. The molecule has 0 bridgehead atoms. The zero-order valence-corrected chi connectivity index (χ0v) is 19.3. The average Bonchev–Trinajstić information content (AvgIpc) is 2.73. The predicted molar refractivity (Wildman–Crippen MR) is 126 cm³/mol. The van der Waals surface area contributed by atoms with E-state index in [0.717, 1.165) is 40.4 Å². The number of methoxy groups -OCH3 is 1. The van der Waals surface area contributed by atoms with E-state index in [1.807, 2.05) is 62.4 Å². The summed E-state index contributed by atoms with van der Waals surface area (Å²) in [4.78, 5) is 26.9. The van der Waals surface area contributed by atoms with Crippen molar-refractivity contribution in [2.45, 2.75) is 46.5 Å². The number of carbonyl (C=O) groups excluding carboxylic acids is 2. The fourth-order valence-electron chi connectivity index (χ4n) is 4.77. The van der Waals surface area contributed by atoms with Gasteiger partial charge in [-0.05, 0) is 55.0 Å². The van der Waals surface area contributed by atoms with Crippen molar-refractivity contribution in [2.24, 2.45) is 5.41 Å². The number of Topliss-reactive ketones (excluding diaryl/α,β-unsaturated/α-hetero) is 1. The van der Waals surface area contributed by atoms with Crippen LogP contribution in [0.2, 0.25) is 0 Å². The van der Waals surface area contributed by atoms with Gasteiger partial charge in [0, 0.05) is 40.6 Å². The van der Waals surface area contributed by atoms with E-state index in [0.29, 0.717) is 17.6 Å². The summed E-state index contributed by atoms with van der Waals surface area (Å²) < 4.78 is 5.32. The number of allylic oxidation sites excluding steroid dienone is 3. The van der Waals surface area contributed by atoms with Crippen molar-refractivity contribution in [3.8, 4) is 5.75 Å². The highest BCUT2D eigenvalue weighted by Gasteiger charge is 2.42. The smallest absolute Gasteiger partial charge is 0.254 e. The number of hydrogen-bond donors (Lipinski definition) is 2. The third-order valence-electron chi connectivity index (χ3n) is 6.33. The summed E-state index contributed by atoms with van der Waals surface area (Å²) in [5.41, 5.74) is 5.52. The summed E-state index contributed by atoms with van der Waals surface area (Å²) in [6.07, 6.45) is 1.23. The molecule has 0 spiro atoms. The molecule has 1 amide bonds. The first-order chi connectivity index (χ1) is 15.2. The van der Waals surface area contributed by atoms with E-state index in [9.17, 15) is 9.59 Å². The lowest BCUT2D eigenvalue weighted by atomic mass is 9.68. The molecule has 1 aliphatic heterocycles. The summed E-state index contributed by atoms with van der Waals surface area (Å²) in [5.74, 6) is 0.206. The number of hydrogen-bond acceptors (Lipinski definition) is 4. The zero-order valence-electron chi connectivity index (χ0n) is 19.3. The molecule has 4 rings (SSSR count). The molecule has 0 fully saturated rings. The largest absolute Gasteiger partial charge is 0.497 e. The summed E-state index contributed by atoms with van der Waals surface area (Å²) in [7, 11) is 1.62. The Morgan fingerprint density at radius 1 is 1.06 bits per heavy atom. The quantitative estimate of drug-likeness (QED) is 0.696. The second kappa shape index (κ2) is 8.30. The van der Waals surface area contributed by atoms with Crippen LogP contribution in [0.5, 0.6) is 5.75 Å². The van der Waals surface area contributed by atoms with E-state index in [2.05, 4.69) is 24.5 Å². The second-order valence-electron chi connectivity index (χ2n) is 9.47. The summed E-state index contributed by atoms with van der Waals surface area (Å²) in [5, 5.41) is 6.47. The van der Waals surface area contributed by atoms with Crippen molar-refractivity contribution < 1.29 is 14.3 Å². The molecule has 166 valence electrons. The molecular formula is C27H30N2O3. The molecule has 2 aliphatic rings. The van der Waals surface area contributed by atoms with Gasteiger partial charge in [0.25, 0.3) is 5.91 Å². The van der Waals surface area contributed by atoms with Crippen molar-refractivity contribution in [2.75, 3.05) is 12.4 Å². The van der Waals surface area contributed by atoms with Crippen LogP contribution in [0.4, 0.5) is 5.69 Å². The number of carbonyl (C=O) groups is 2. The van der Waals surface area contributed by atoms with Crippen LogP contribution >= 0.6 is 0 Å². The van der Waals surface area contributed by atoms with Crippen LogP contribution in [0.3, 0.4) is 0 Å². The number of nitrogens with one attached hydrogen (secondary N) is 2. The number of para-hydroxylation sites is 1. The van der Waals surface area contributed by atoms with Crippen molar-refractivity contribution in [3.05, 3.63) is 82.2 Å². The van der Waals surface area contributed by atoms with Gasteiger partial charge in [-0.15, -0.1) is 0 Å². The number of dihydropyridines is 1. The number of ether oxygens (including phenoxy) is 1. The molecular weight excluding hydrogens is 400 g/mol. The minimum Gasteiger partial charge on any atom is -0.497 e. The lowest BCUT2D eigenvalue weighted by Gasteiger charge is -2.39. The minimum atomic E-state index is -0.426. The molecule has 0 radical (unpaired) electrons. The molecule has 0 saturated carbocycles. The first kappa shape index (κ1) is 21.9. The van der Waals surface area contributed by atoms with E-state index in [4.69, 9.17) is 4.74 Å². The van der Waals surface area contributed by atoms with Gasteiger partial charge in [0.1, 0.15) is 5.75 Å². The highest BCUT2D eigenvalue weighted by atomic mass is 16.5. The van der Waals surface area contributed by atoms with Gasteiger partial charge >= 0.3 is 0 Å². The molecule has 5 heteroatoms. The zero-order chi connectivity index (χ0) is 23.0. The standard InChI is InChI=1S/C27H30N2O3/c1-16-8-6-7-9-20(16)29-26(31)23-17(2)28-21-14-27(3,4)15-22(30)25(21)24(23)18-10-12-19(32-5)13-11-18/h6-13,24,28H,14-15H2,1-5H3,(H,29,31). The Morgan fingerprint density at radius 2 is 1.75 bits per heavy atom. The van der Waals surface area contributed by atoms with E-state index in [1.54, 1.807) is 7.11 Å². The molecule has 0 aromatic heterocycles. The van der Waals surface area contributed by atoms with Crippen molar-refractivity contribution in [1.29, 1.82) is 0 Å². The Balaban J connectivity index is 1.81. The Morgan fingerprint density at radius 3 is 2.41 bits per heavy atom. The third-order valence-corrected chi connectivity index (χ3v) is 6.33. The van der Waals surface area contributed by atoms with Gasteiger partial charge in [0.15, 0.2) is 5.78 Å². The fraction of sp³-hybridized carbons (Fsp3) is 0.333. The highest BCUT2D eigenvalue weighted by molar-refractivity contribution is 6.10. The van der Waals surface area contributed by atoms with Gasteiger partial charge < -0.3 is 15.4 Å². The van der Waals surface area contributed by atoms with Gasteiger partial charge in [0.2, 0.25) is 0 Å². The Bertz CT molecular complexity index is 1140. The number of aryl methyl sites for hydroxylation is 1. The molecule has 2 N–H and O–H groups in total. The summed E-state index contributed by atoms with van der Waals surface area (Å²) in [6, 6.07) is 15.3. The van der Waals surface area contributed by atoms with Crippen LogP contribution in [0.1, 0.15) is 50.7 Å².